The van der Waals surface area contributed by atoms with Gasteiger partial charge in [-0.25, -0.2) is 0 Å². The standard InChI is InChI=1S/C27H37N3O/c1-21(24-14-9-16-28-19-24)30-17-15-25(20-30)29(2)27(31)18-26(22-10-5-3-6-11-22)23-12-7-4-8-13-23/h3-8,10-13,21,24-26,28H,9,14-20H2,1-2H3. The fourth-order valence-electron chi connectivity index (χ4n) is 5.36. The zero-order valence-corrected chi connectivity index (χ0v) is 19.0. The Morgan fingerprint density at radius 3 is 2.29 bits per heavy atom. The number of likely N-dealkylation sites (N-methyl/N-ethyl adjacent to an activating group) is 1. The van der Waals surface area contributed by atoms with E-state index in [1.807, 2.05) is 24.1 Å². The second-order valence-corrected chi connectivity index (χ2v) is 9.37. The van der Waals surface area contributed by atoms with Gasteiger partial charge in [-0.1, -0.05) is 60.7 Å². The maximum atomic E-state index is 13.4. The highest BCUT2D eigenvalue weighted by molar-refractivity contribution is 5.78. The Morgan fingerprint density at radius 2 is 1.71 bits per heavy atom. The minimum absolute atomic E-state index is 0.0992. The summed E-state index contributed by atoms with van der Waals surface area (Å²) < 4.78 is 0. The van der Waals surface area contributed by atoms with Crippen molar-refractivity contribution in [2.75, 3.05) is 33.2 Å². The van der Waals surface area contributed by atoms with Crippen molar-refractivity contribution in [3.8, 4) is 0 Å². The highest BCUT2D eigenvalue weighted by atomic mass is 16.2. The van der Waals surface area contributed by atoms with Crippen molar-refractivity contribution in [2.45, 2.75) is 50.6 Å². The normalized spacial score (nSPS) is 23.1. The monoisotopic (exact) mass is 419 g/mol. The summed E-state index contributed by atoms with van der Waals surface area (Å²) in [4.78, 5) is 18.0. The van der Waals surface area contributed by atoms with Gasteiger partial charge in [-0.15, -0.1) is 0 Å². The fraction of sp³-hybridized carbons (Fsp3) is 0.519. The lowest BCUT2D eigenvalue weighted by atomic mass is 9.88. The quantitative estimate of drug-likeness (QED) is 0.733. The summed E-state index contributed by atoms with van der Waals surface area (Å²) in [6.45, 7) is 6.77. The van der Waals surface area contributed by atoms with Gasteiger partial charge < -0.3 is 10.2 Å². The van der Waals surface area contributed by atoms with Crippen LogP contribution in [0.25, 0.3) is 0 Å². The highest BCUT2D eigenvalue weighted by Crippen LogP contribution is 2.30. The molecule has 2 aliphatic heterocycles. The predicted octanol–water partition coefficient (Wildman–Crippen LogP) is 4.13. The highest BCUT2D eigenvalue weighted by Gasteiger charge is 2.34. The van der Waals surface area contributed by atoms with Gasteiger partial charge in [0, 0.05) is 44.6 Å². The number of benzene rings is 2. The van der Waals surface area contributed by atoms with Crippen LogP contribution in [0.3, 0.4) is 0 Å². The molecule has 4 nitrogen and oxygen atoms in total. The number of hydrogen-bond acceptors (Lipinski definition) is 3. The molecule has 4 heteroatoms. The first kappa shape index (κ1) is 22.0. The number of carbonyl (C=O) groups excluding carboxylic acids is 1. The summed E-state index contributed by atoms with van der Waals surface area (Å²) in [5.41, 5.74) is 2.42. The Hall–Kier alpha value is -2.17. The maximum absolute atomic E-state index is 13.4. The van der Waals surface area contributed by atoms with Gasteiger partial charge in [0.25, 0.3) is 0 Å². The average molecular weight is 420 g/mol. The molecule has 0 spiro atoms. The first-order chi connectivity index (χ1) is 15.1. The third-order valence-corrected chi connectivity index (χ3v) is 7.51. The molecule has 2 aromatic rings. The molecule has 166 valence electrons. The second-order valence-electron chi connectivity index (χ2n) is 9.37. The molecule has 2 aromatic carbocycles. The van der Waals surface area contributed by atoms with Gasteiger partial charge in [0.05, 0.1) is 0 Å². The lowest BCUT2D eigenvalue weighted by molar-refractivity contribution is -0.132. The number of likely N-dealkylation sites (tertiary alicyclic amines) is 1. The van der Waals surface area contributed by atoms with Crippen LogP contribution in [0.1, 0.15) is 49.7 Å². The summed E-state index contributed by atoms with van der Waals surface area (Å²) in [5.74, 6) is 1.08. The topological polar surface area (TPSA) is 35.6 Å². The van der Waals surface area contributed by atoms with E-state index in [0.29, 0.717) is 18.5 Å². The van der Waals surface area contributed by atoms with E-state index in [1.54, 1.807) is 0 Å². The summed E-state index contributed by atoms with van der Waals surface area (Å²) >= 11 is 0. The van der Waals surface area contributed by atoms with E-state index in [4.69, 9.17) is 0 Å². The molecule has 0 aromatic heterocycles. The zero-order chi connectivity index (χ0) is 21.6. The van der Waals surface area contributed by atoms with Crippen molar-refractivity contribution in [3.05, 3.63) is 71.8 Å². The molecule has 4 rings (SSSR count). The van der Waals surface area contributed by atoms with Crippen LogP contribution in [0.5, 0.6) is 0 Å². The molecule has 2 fully saturated rings. The van der Waals surface area contributed by atoms with Crippen LogP contribution in [0.2, 0.25) is 0 Å². The smallest absolute Gasteiger partial charge is 0.223 e. The molecule has 31 heavy (non-hydrogen) atoms. The number of nitrogens with zero attached hydrogens (tertiary/aromatic N) is 2. The van der Waals surface area contributed by atoms with E-state index in [0.717, 1.165) is 38.5 Å². The summed E-state index contributed by atoms with van der Waals surface area (Å²) in [7, 11) is 2.01. The molecule has 2 heterocycles. The predicted molar refractivity (Wildman–Crippen MR) is 127 cm³/mol. The van der Waals surface area contributed by atoms with E-state index < -0.39 is 0 Å². The van der Waals surface area contributed by atoms with Crippen molar-refractivity contribution in [1.29, 1.82) is 0 Å². The minimum atomic E-state index is 0.0992. The third-order valence-electron chi connectivity index (χ3n) is 7.51. The first-order valence-corrected chi connectivity index (χ1v) is 11.9. The molecule has 3 atom stereocenters. The van der Waals surface area contributed by atoms with Crippen LogP contribution >= 0.6 is 0 Å². The number of piperidine rings is 1. The fourth-order valence-corrected chi connectivity index (χ4v) is 5.36. The molecular weight excluding hydrogens is 382 g/mol. The van der Waals surface area contributed by atoms with Crippen LogP contribution in [-0.2, 0) is 4.79 Å². The molecule has 2 aliphatic rings. The lowest BCUT2D eigenvalue weighted by Gasteiger charge is -2.35. The van der Waals surface area contributed by atoms with Crippen molar-refractivity contribution >= 4 is 5.91 Å². The van der Waals surface area contributed by atoms with Crippen LogP contribution in [-0.4, -0.2) is 61.0 Å². The van der Waals surface area contributed by atoms with Gasteiger partial charge in [0.15, 0.2) is 0 Å². The number of hydrogen-bond donors (Lipinski definition) is 1. The molecule has 0 saturated carbocycles. The molecule has 2 saturated heterocycles. The number of nitrogens with one attached hydrogen (secondary N) is 1. The Labute approximate surface area is 187 Å². The number of amides is 1. The summed E-state index contributed by atoms with van der Waals surface area (Å²) in [6, 6.07) is 21.8. The van der Waals surface area contributed by atoms with Gasteiger partial charge in [-0.05, 0) is 56.3 Å². The molecule has 1 amide bonds. The Morgan fingerprint density at radius 1 is 1.06 bits per heavy atom. The van der Waals surface area contributed by atoms with Crippen LogP contribution in [0.4, 0.5) is 0 Å². The van der Waals surface area contributed by atoms with E-state index in [9.17, 15) is 4.79 Å². The van der Waals surface area contributed by atoms with Gasteiger partial charge in [0.1, 0.15) is 0 Å². The van der Waals surface area contributed by atoms with E-state index in [2.05, 4.69) is 65.7 Å². The van der Waals surface area contributed by atoms with Gasteiger partial charge in [-0.3, -0.25) is 9.69 Å². The Balaban J connectivity index is 1.40. The molecular formula is C27H37N3O. The Kier molecular flexibility index (Phi) is 7.41. The summed E-state index contributed by atoms with van der Waals surface area (Å²) in [6.07, 6.45) is 4.20. The van der Waals surface area contributed by atoms with E-state index in [1.165, 1.54) is 24.0 Å². The first-order valence-electron chi connectivity index (χ1n) is 11.9. The van der Waals surface area contributed by atoms with E-state index >= 15 is 0 Å². The molecule has 1 N–H and O–H groups in total. The average Bonchev–Trinajstić information content (AvgIpc) is 3.33. The van der Waals surface area contributed by atoms with Crippen molar-refractivity contribution < 1.29 is 4.79 Å². The molecule has 0 bridgehead atoms. The molecule has 3 unspecified atom stereocenters. The third kappa shape index (κ3) is 5.36. The largest absolute Gasteiger partial charge is 0.341 e. The van der Waals surface area contributed by atoms with Crippen molar-refractivity contribution in [1.82, 2.24) is 15.1 Å². The van der Waals surface area contributed by atoms with Crippen LogP contribution in [0, 0.1) is 5.92 Å². The van der Waals surface area contributed by atoms with Crippen molar-refractivity contribution in [3.63, 3.8) is 0 Å². The lowest BCUT2D eigenvalue weighted by Crippen LogP contribution is -2.46. The van der Waals surface area contributed by atoms with Crippen LogP contribution in [0.15, 0.2) is 60.7 Å². The summed E-state index contributed by atoms with van der Waals surface area (Å²) in [5, 5.41) is 3.55. The van der Waals surface area contributed by atoms with Gasteiger partial charge in [0.2, 0.25) is 5.91 Å². The SMILES string of the molecule is CC(C1CCCNC1)N1CCC(N(C)C(=O)CC(c2ccccc2)c2ccccc2)C1. The van der Waals surface area contributed by atoms with E-state index in [-0.39, 0.29) is 11.8 Å². The van der Waals surface area contributed by atoms with Crippen LogP contribution < -0.4 is 5.32 Å². The molecule has 0 aliphatic carbocycles. The number of carbonyl (C=O) groups is 1. The number of rotatable bonds is 7. The van der Waals surface area contributed by atoms with Gasteiger partial charge >= 0.3 is 0 Å². The maximum Gasteiger partial charge on any atom is 0.223 e. The zero-order valence-electron chi connectivity index (χ0n) is 19.0. The minimum Gasteiger partial charge on any atom is -0.341 e. The second kappa shape index (κ2) is 10.4. The van der Waals surface area contributed by atoms with Crippen molar-refractivity contribution in [2.24, 2.45) is 5.92 Å². The Bertz CT molecular complexity index is 779. The molecule has 0 radical (unpaired) electrons. The van der Waals surface area contributed by atoms with Gasteiger partial charge in [-0.2, -0.15) is 0 Å².